The van der Waals surface area contributed by atoms with Crippen molar-refractivity contribution < 1.29 is 22.7 Å². The quantitative estimate of drug-likeness (QED) is 0.798. The molecule has 0 spiro atoms. The van der Waals surface area contributed by atoms with Crippen LogP contribution in [0.15, 0.2) is 48.5 Å². The molecule has 1 heterocycles. The number of anilines is 1. The van der Waals surface area contributed by atoms with Crippen molar-refractivity contribution in [1.29, 1.82) is 0 Å². The van der Waals surface area contributed by atoms with Crippen LogP contribution in [-0.4, -0.2) is 39.6 Å². The zero-order chi connectivity index (χ0) is 20.3. The Morgan fingerprint density at radius 1 is 1.21 bits per heavy atom. The zero-order valence-corrected chi connectivity index (χ0v) is 16.5. The van der Waals surface area contributed by atoms with E-state index in [-0.39, 0.29) is 17.3 Å². The van der Waals surface area contributed by atoms with E-state index in [1.807, 2.05) is 24.3 Å². The van der Waals surface area contributed by atoms with E-state index in [0.29, 0.717) is 18.5 Å². The zero-order valence-electron chi connectivity index (χ0n) is 15.7. The van der Waals surface area contributed by atoms with Gasteiger partial charge in [-0.2, -0.15) is 0 Å². The minimum Gasteiger partial charge on any atom is -0.497 e. The molecule has 1 atom stereocenters. The molecule has 3 rings (SSSR count). The fourth-order valence-electron chi connectivity index (χ4n) is 3.11. The van der Waals surface area contributed by atoms with Crippen LogP contribution in [0.2, 0.25) is 0 Å². The highest BCUT2D eigenvalue weighted by molar-refractivity contribution is 7.94. The van der Waals surface area contributed by atoms with Gasteiger partial charge in [0.25, 0.3) is 5.91 Å². The summed E-state index contributed by atoms with van der Waals surface area (Å²) in [5.74, 6) is -0.868. The molecule has 2 aromatic rings. The summed E-state index contributed by atoms with van der Waals surface area (Å²) < 4.78 is 30.5. The molecule has 0 radical (unpaired) electrons. The molecule has 28 heavy (non-hydrogen) atoms. The summed E-state index contributed by atoms with van der Waals surface area (Å²) in [5.41, 5.74) is 1.51. The van der Waals surface area contributed by atoms with Gasteiger partial charge >= 0.3 is 0 Å². The average molecular weight is 402 g/mol. The lowest BCUT2D eigenvalue weighted by molar-refractivity contribution is -0.119. The van der Waals surface area contributed by atoms with Crippen LogP contribution in [0, 0.1) is 5.92 Å². The topological polar surface area (TPSA) is 92.8 Å². The Morgan fingerprint density at radius 2 is 1.96 bits per heavy atom. The van der Waals surface area contributed by atoms with Crippen LogP contribution >= 0.6 is 0 Å². The van der Waals surface area contributed by atoms with Crippen molar-refractivity contribution >= 4 is 27.5 Å². The molecular formula is C20H22N2O5S. The number of rotatable bonds is 6. The van der Waals surface area contributed by atoms with Crippen molar-refractivity contribution in [3.63, 3.8) is 0 Å². The van der Waals surface area contributed by atoms with Gasteiger partial charge in [0.1, 0.15) is 5.75 Å². The molecule has 0 bridgehead atoms. The van der Waals surface area contributed by atoms with Crippen LogP contribution in [0.4, 0.5) is 5.69 Å². The number of methoxy groups -OCH3 is 1. The van der Waals surface area contributed by atoms with Crippen molar-refractivity contribution in [2.45, 2.75) is 13.3 Å². The van der Waals surface area contributed by atoms with Crippen molar-refractivity contribution in [2.75, 3.05) is 23.7 Å². The lowest BCUT2D eigenvalue weighted by Crippen LogP contribution is -2.31. The molecule has 1 aliphatic rings. The lowest BCUT2D eigenvalue weighted by Gasteiger charge is -2.16. The van der Waals surface area contributed by atoms with E-state index in [0.717, 1.165) is 15.6 Å². The molecule has 0 saturated carbocycles. The van der Waals surface area contributed by atoms with Crippen molar-refractivity contribution in [3.8, 4) is 5.75 Å². The van der Waals surface area contributed by atoms with Gasteiger partial charge in [-0.15, -0.1) is 0 Å². The van der Waals surface area contributed by atoms with Gasteiger partial charge in [-0.1, -0.05) is 25.1 Å². The molecule has 0 aliphatic carbocycles. The number of nitrogens with zero attached hydrogens (tertiary/aromatic N) is 1. The fraction of sp³-hybridized carbons (Fsp3) is 0.300. The number of amides is 2. The first-order valence-electron chi connectivity index (χ1n) is 8.90. The number of nitrogens with one attached hydrogen (secondary N) is 1. The molecule has 1 saturated heterocycles. The Balaban J connectivity index is 1.68. The average Bonchev–Trinajstić information content (AvgIpc) is 2.88. The van der Waals surface area contributed by atoms with Crippen LogP contribution in [0.25, 0.3) is 0 Å². The number of ether oxygens (including phenoxy) is 1. The second-order valence-electron chi connectivity index (χ2n) is 6.69. The maximum Gasteiger partial charge on any atom is 0.251 e. The summed E-state index contributed by atoms with van der Waals surface area (Å²) in [5, 5.41) is 2.81. The van der Waals surface area contributed by atoms with E-state index >= 15 is 0 Å². The Kier molecular flexibility index (Phi) is 5.69. The van der Waals surface area contributed by atoms with Crippen molar-refractivity contribution in [2.24, 2.45) is 5.92 Å². The predicted octanol–water partition coefficient (Wildman–Crippen LogP) is 1.98. The molecule has 0 aromatic heterocycles. The Hall–Kier alpha value is -2.87. The number of sulfonamides is 1. The van der Waals surface area contributed by atoms with Crippen molar-refractivity contribution in [3.05, 3.63) is 59.7 Å². The van der Waals surface area contributed by atoms with Crippen LogP contribution in [-0.2, 0) is 21.2 Å². The maximum absolute atomic E-state index is 12.4. The van der Waals surface area contributed by atoms with Gasteiger partial charge in [0.2, 0.25) is 15.9 Å². The van der Waals surface area contributed by atoms with E-state index in [9.17, 15) is 18.0 Å². The molecule has 2 aromatic carbocycles. The third kappa shape index (κ3) is 4.17. The number of carbonyl (C=O) groups is 2. The normalized spacial score (nSPS) is 18.1. The minimum absolute atomic E-state index is 0.190. The summed E-state index contributed by atoms with van der Waals surface area (Å²) in [6.45, 7) is 1.99. The van der Waals surface area contributed by atoms with Gasteiger partial charge in [-0.25, -0.2) is 12.7 Å². The summed E-state index contributed by atoms with van der Waals surface area (Å²) in [4.78, 5) is 24.7. The highest BCUT2D eigenvalue weighted by Gasteiger charge is 2.42. The standard InChI is InChI=1S/C20H22N2O5S/c1-14-13-28(25,26)22(20(14)24)17-7-4-6-16(12-17)19(23)21-10-9-15-5-3-8-18(11-15)27-2/h3-8,11-12,14H,9-10,13H2,1-2H3,(H,21,23). The maximum atomic E-state index is 12.4. The molecular weight excluding hydrogens is 380 g/mol. The third-order valence-corrected chi connectivity index (χ3v) is 6.41. The van der Waals surface area contributed by atoms with E-state index < -0.39 is 21.8 Å². The summed E-state index contributed by atoms with van der Waals surface area (Å²) in [6.07, 6.45) is 0.624. The van der Waals surface area contributed by atoms with Gasteiger partial charge in [0.15, 0.2) is 0 Å². The Labute approximate surface area is 164 Å². The number of hydrogen-bond acceptors (Lipinski definition) is 5. The van der Waals surface area contributed by atoms with Crippen LogP contribution in [0.1, 0.15) is 22.8 Å². The highest BCUT2D eigenvalue weighted by atomic mass is 32.2. The monoisotopic (exact) mass is 402 g/mol. The summed E-state index contributed by atoms with van der Waals surface area (Å²) in [6, 6.07) is 13.7. The molecule has 1 unspecified atom stereocenters. The van der Waals surface area contributed by atoms with Crippen molar-refractivity contribution in [1.82, 2.24) is 5.32 Å². The summed E-state index contributed by atoms with van der Waals surface area (Å²) in [7, 11) is -2.10. The number of benzene rings is 2. The second-order valence-corrected chi connectivity index (χ2v) is 8.55. The van der Waals surface area contributed by atoms with Gasteiger partial charge in [-0.05, 0) is 42.3 Å². The Bertz CT molecular complexity index is 1000. The van der Waals surface area contributed by atoms with Gasteiger partial charge in [0.05, 0.1) is 24.5 Å². The Morgan fingerprint density at radius 3 is 2.64 bits per heavy atom. The number of hydrogen-bond donors (Lipinski definition) is 1. The van der Waals surface area contributed by atoms with Crippen LogP contribution in [0.3, 0.4) is 0 Å². The molecule has 7 nitrogen and oxygen atoms in total. The van der Waals surface area contributed by atoms with E-state index in [1.54, 1.807) is 26.2 Å². The predicted molar refractivity (Wildman–Crippen MR) is 106 cm³/mol. The second kappa shape index (κ2) is 8.02. The molecule has 2 amide bonds. The molecule has 148 valence electrons. The van der Waals surface area contributed by atoms with E-state index in [4.69, 9.17) is 4.74 Å². The first-order chi connectivity index (χ1) is 13.3. The first-order valence-corrected chi connectivity index (χ1v) is 10.5. The molecule has 1 fully saturated rings. The third-order valence-electron chi connectivity index (χ3n) is 4.54. The molecule has 1 N–H and O–H groups in total. The first kappa shape index (κ1) is 19.9. The van der Waals surface area contributed by atoms with Gasteiger partial charge in [0, 0.05) is 12.1 Å². The summed E-state index contributed by atoms with van der Waals surface area (Å²) >= 11 is 0. The van der Waals surface area contributed by atoms with Gasteiger partial charge in [-0.3, -0.25) is 9.59 Å². The number of carbonyl (C=O) groups excluding carboxylic acids is 2. The smallest absolute Gasteiger partial charge is 0.251 e. The van der Waals surface area contributed by atoms with Gasteiger partial charge < -0.3 is 10.1 Å². The largest absolute Gasteiger partial charge is 0.497 e. The fourth-order valence-corrected chi connectivity index (χ4v) is 4.92. The lowest BCUT2D eigenvalue weighted by atomic mass is 10.1. The van der Waals surface area contributed by atoms with E-state index in [2.05, 4.69) is 5.32 Å². The molecule has 8 heteroatoms. The SMILES string of the molecule is COc1cccc(CCNC(=O)c2cccc(N3C(=O)C(C)CS3(=O)=O)c2)c1. The highest BCUT2D eigenvalue weighted by Crippen LogP contribution is 2.28. The minimum atomic E-state index is -3.70. The van der Waals surface area contributed by atoms with Crippen LogP contribution in [0.5, 0.6) is 5.75 Å². The van der Waals surface area contributed by atoms with Crippen LogP contribution < -0.4 is 14.4 Å². The van der Waals surface area contributed by atoms with E-state index in [1.165, 1.54) is 12.1 Å². The molecule has 1 aliphatic heterocycles.